The number of rotatable bonds is 26. The van der Waals surface area contributed by atoms with E-state index in [4.69, 9.17) is 0 Å². The molecule has 0 saturated heterocycles. The Hall–Kier alpha value is -0.790. The van der Waals surface area contributed by atoms with Crippen LogP contribution in [0.25, 0.3) is 0 Å². The third kappa shape index (κ3) is 16.8. The van der Waals surface area contributed by atoms with Gasteiger partial charge in [-0.2, -0.15) is 0 Å². The largest absolute Gasteiger partial charge is 0.256 e. The summed E-state index contributed by atoms with van der Waals surface area (Å²) in [5, 5.41) is 0. The first-order valence-corrected chi connectivity index (χ1v) is 15.9. The summed E-state index contributed by atoms with van der Waals surface area (Å²) in [5.41, 5.74) is 0. The van der Waals surface area contributed by atoms with Gasteiger partial charge in [0.2, 0.25) is 0 Å². The summed E-state index contributed by atoms with van der Waals surface area (Å²) < 4.78 is 5.13. The Balaban J connectivity index is 2.04. The van der Waals surface area contributed by atoms with Gasteiger partial charge in [-0.25, -0.2) is 9.13 Å². The highest BCUT2D eigenvalue weighted by atomic mass is 15.1. The lowest BCUT2D eigenvalue weighted by atomic mass is 10.0. The van der Waals surface area contributed by atoms with Gasteiger partial charge in [0.05, 0.1) is 13.1 Å². The van der Waals surface area contributed by atoms with Crippen molar-refractivity contribution in [2.24, 2.45) is 0 Å². The van der Waals surface area contributed by atoms with Crippen LogP contribution in [0.4, 0.5) is 0 Å². The fourth-order valence-corrected chi connectivity index (χ4v) is 5.26. The molecule has 0 atom stereocenters. The van der Waals surface area contributed by atoms with Crippen LogP contribution in [-0.2, 0) is 19.5 Å². The van der Waals surface area contributed by atoms with Crippen LogP contribution in [0.5, 0.6) is 0 Å². The topological polar surface area (TPSA) is 8.81 Å². The minimum absolute atomic E-state index is 1.21. The van der Waals surface area contributed by atoms with Crippen molar-refractivity contribution in [2.45, 2.75) is 188 Å². The smallest absolute Gasteiger partial charge is 0.234 e. The van der Waals surface area contributed by atoms with Crippen LogP contribution in [0.3, 0.4) is 0 Å². The zero-order valence-electron chi connectivity index (χ0n) is 23.9. The Morgan fingerprint density at radius 3 is 1.41 bits per heavy atom. The highest BCUT2D eigenvalue weighted by Crippen LogP contribution is 2.15. The number of hydrogen-bond acceptors (Lipinski definition) is 0. The van der Waals surface area contributed by atoms with E-state index < -0.39 is 0 Å². The Bertz CT molecular complexity index is 506. The van der Waals surface area contributed by atoms with Gasteiger partial charge in [-0.15, -0.1) is 0 Å². The van der Waals surface area contributed by atoms with Crippen LogP contribution < -0.4 is 4.57 Å². The Morgan fingerprint density at radius 2 is 0.912 bits per heavy atom. The summed E-state index contributed by atoms with van der Waals surface area (Å²) >= 11 is 0. The standard InChI is InChI=1S/C32H63N2/c1-4-7-10-11-12-13-14-15-16-17-18-19-20-21-22-23-24-27-32-33(28-25-8-5-2)30-31-34(32)29-26-9-6-3/h30-31H,4-29H2,1-3H3/q+1. The molecule has 200 valence electrons. The number of aryl methyl sites for hydroxylation is 2. The van der Waals surface area contributed by atoms with E-state index in [0.717, 1.165) is 0 Å². The van der Waals surface area contributed by atoms with Crippen molar-refractivity contribution in [1.29, 1.82) is 0 Å². The highest BCUT2D eigenvalue weighted by Gasteiger charge is 2.16. The molecule has 2 heteroatoms. The number of imidazole rings is 1. The Labute approximate surface area is 215 Å². The predicted molar refractivity (Wildman–Crippen MR) is 152 cm³/mol. The average Bonchev–Trinajstić information content (AvgIpc) is 3.23. The summed E-state index contributed by atoms with van der Waals surface area (Å²) in [6.45, 7) is 9.34. The van der Waals surface area contributed by atoms with Gasteiger partial charge in [0.1, 0.15) is 12.4 Å². The van der Waals surface area contributed by atoms with Crippen molar-refractivity contribution in [3.05, 3.63) is 18.2 Å². The van der Waals surface area contributed by atoms with Crippen molar-refractivity contribution >= 4 is 0 Å². The number of unbranched alkanes of at least 4 members (excludes halogenated alkanes) is 20. The van der Waals surface area contributed by atoms with Crippen molar-refractivity contribution in [3.63, 3.8) is 0 Å². The Kier molecular flexibility index (Phi) is 22.0. The monoisotopic (exact) mass is 475 g/mol. The molecule has 0 aliphatic rings. The lowest BCUT2D eigenvalue weighted by Gasteiger charge is -2.06. The molecular weight excluding hydrogens is 412 g/mol. The predicted octanol–water partition coefficient (Wildman–Crippen LogP) is 10.4. The third-order valence-corrected chi connectivity index (χ3v) is 7.60. The number of hydrogen-bond donors (Lipinski definition) is 0. The molecule has 2 nitrogen and oxygen atoms in total. The molecular formula is C32H63N2+. The van der Waals surface area contributed by atoms with E-state index in [-0.39, 0.29) is 0 Å². The second kappa shape index (κ2) is 23.9. The van der Waals surface area contributed by atoms with Crippen LogP contribution in [-0.4, -0.2) is 4.57 Å². The summed E-state index contributed by atoms with van der Waals surface area (Å²) in [6.07, 6.45) is 38.6. The van der Waals surface area contributed by atoms with Crippen LogP contribution in [0.1, 0.15) is 174 Å². The first-order valence-electron chi connectivity index (χ1n) is 15.9. The van der Waals surface area contributed by atoms with E-state index in [0.29, 0.717) is 0 Å². The third-order valence-electron chi connectivity index (χ3n) is 7.60. The maximum Gasteiger partial charge on any atom is 0.256 e. The molecule has 0 fully saturated rings. The number of nitrogens with zero attached hydrogens (tertiary/aromatic N) is 2. The van der Waals surface area contributed by atoms with Gasteiger partial charge in [0.25, 0.3) is 5.82 Å². The molecule has 1 rings (SSSR count). The van der Waals surface area contributed by atoms with E-state index in [1.807, 2.05) is 0 Å². The van der Waals surface area contributed by atoms with Crippen LogP contribution in [0.15, 0.2) is 12.4 Å². The van der Waals surface area contributed by atoms with Gasteiger partial charge in [0, 0.05) is 6.42 Å². The second-order valence-electron chi connectivity index (χ2n) is 10.9. The quantitative estimate of drug-likeness (QED) is 0.0930. The first-order chi connectivity index (χ1) is 16.8. The zero-order valence-corrected chi connectivity index (χ0v) is 23.9. The second-order valence-corrected chi connectivity index (χ2v) is 10.9. The molecule has 0 saturated carbocycles. The van der Waals surface area contributed by atoms with Crippen molar-refractivity contribution in [3.8, 4) is 0 Å². The molecule has 34 heavy (non-hydrogen) atoms. The Morgan fingerprint density at radius 1 is 0.500 bits per heavy atom. The molecule has 0 N–H and O–H groups in total. The van der Waals surface area contributed by atoms with Gasteiger partial charge < -0.3 is 0 Å². The minimum atomic E-state index is 1.21. The van der Waals surface area contributed by atoms with Gasteiger partial charge >= 0.3 is 0 Å². The van der Waals surface area contributed by atoms with E-state index in [9.17, 15) is 0 Å². The average molecular weight is 476 g/mol. The lowest BCUT2D eigenvalue weighted by molar-refractivity contribution is -0.704. The van der Waals surface area contributed by atoms with E-state index in [1.165, 1.54) is 167 Å². The maximum absolute atomic E-state index is 2.56. The van der Waals surface area contributed by atoms with Crippen molar-refractivity contribution < 1.29 is 4.57 Å². The molecule has 0 aromatic carbocycles. The fourth-order valence-electron chi connectivity index (χ4n) is 5.26. The van der Waals surface area contributed by atoms with Crippen LogP contribution >= 0.6 is 0 Å². The molecule has 1 aromatic heterocycles. The summed E-state index contributed by atoms with van der Waals surface area (Å²) in [4.78, 5) is 0. The van der Waals surface area contributed by atoms with Gasteiger partial charge in [0.15, 0.2) is 0 Å². The molecule has 0 bridgehead atoms. The summed E-state index contributed by atoms with van der Waals surface area (Å²) in [5.74, 6) is 1.59. The SMILES string of the molecule is CCCCCCCCCCCCCCCCCCCc1n(CCCCC)cc[n+]1CCCCC. The number of aromatic nitrogens is 2. The zero-order chi connectivity index (χ0) is 24.5. The van der Waals surface area contributed by atoms with Crippen molar-refractivity contribution in [2.75, 3.05) is 0 Å². The highest BCUT2D eigenvalue weighted by molar-refractivity contribution is 4.84. The normalized spacial score (nSPS) is 11.5. The first kappa shape index (κ1) is 31.2. The minimum Gasteiger partial charge on any atom is -0.234 e. The van der Waals surface area contributed by atoms with Crippen molar-refractivity contribution in [1.82, 2.24) is 4.57 Å². The molecule has 0 aliphatic heterocycles. The molecule has 0 radical (unpaired) electrons. The fraction of sp³-hybridized carbons (Fsp3) is 0.906. The van der Waals surface area contributed by atoms with E-state index in [1.54, 1.807) is 5.82 Å². The van der Waals surface area contributed by atoms with Gasteiger partial charge in [-0.05, 0) is 32.1 Å². The van der Waals surface area contributed by atoms with E-state index in [2.05, 4.69) is 42.3 Å². The summed E-state index contributed by atoms with van der Waals surface area (Å²) in [7, 11) is 0. The molecule has 1 heterocycles. The van der Waals surface area contributed by atoms with Crippen LogP contribution in [0, 0.1) is 0 Å². The molecule has 0 unspecified atom stereocenters. The lowest BCUT2D eigenvalue weighted by Crippen LogP contribution is -2.37. The molecule has 0 spiro atoms. The maximum atomic E-state index is 2.56. The van der Waals surface area contributed by atoms with Gasteiger partial charge in [-0.1, -0.05) is 136 Å². The summed E-state index contributed by atoms with van der Waals surface area (Å²) in [6, 6.07) is 0. The van der Waals surface area contributed by atoms with E-state index >= 15 is 0 Å². The molecule has 0 aliphatic carbocycles. The molecule has 0 amide bonds. The van der Waals surface area contributed by atoms with Crippen LogP contribution in [0.2, 0.25) is 0 Å². The molecule has 1 aromatic rings. The van der Waals surface area contributed by atoms with Gasteiger partial charge in [-0.3, -0.25) is 0 Å².